The largest absolute Gasteiger partial charge is 0.423 e. The van der Waals surface area contributed by atoms with Crippen molar-refractivity contribution in [2.24, 2.45) is 0 Å². The Hall–Kier alpha value is -2.66. The molecule has 0 aliphatic heterocycles. The molecule has 0 N–H and O–H groups in total. The van der Waals surface area contributed by atoms with Gasteiger partial charge in [0.1, 0.15) is 10.6 Å². The third-order valence-corrected chi connectivity index (χ3v) is 4.92. The molecule has 5 heteroatoms. The highest BCUT2D eigenvalue weighted by Crippen LogP contribution is 2.29. The summed E-state index contributed by atoms with van der Waals surface area (Å²) >= 11 is 1.58. The van der Waals surface area contributed by atoms with Crippen LogP contribution in [0.25, 0.3) is 21.7 Å². The van der Waals surface area contributed by atoms with E-state index in [1.54, 1.807) is 24.0 Å². The molecule has 118 valence electrons. The van der Waals surface area contributed by atoms with Crippen LogP contribution >= 0.6 is 11.8 Å². The predicted molar refractivity (Wildman–Crippen MR) is 96.3 cm³/mol. The fraction of sp³-hybridized carbons (Fsp3) is 0.105. The number of fused-ring (bicyclic) bond motifs is 2. The van der Waals surface area contributed by atoms with Gasteiger partial charge in [-0.1, -0.05) is 48.2 Å². The highest BCUT2D eigenvalue weighted by atomic mass is 32.2. The molecule has 2 aromatic heterocycles. The van der Waals surface area contributed by atoms with Gasteiger partial charge >= 0.3 is 5.63 Å². The van der Waals surface area contributed by atoms with Crippen LogP contribution in [0.5, 0.6) is 0 Å². The molecule has 0 radical (unpaired) electrons. The van der Waals surface area contributed by atoms with Crippen molar-refractivity contribution < 1.29 is 4.42 Å². The molecule has 0 aliphatic carbocycles. The van der Waals surface area contributed by atoms with Gasteiger partial charge in [0.2, 0.25) is 0 Å². The maximum atomic E-state index is 11.8. The summed E-state index contributed by atoms with van der Waals surface area (Å²) in [4.78, 5) is 11.8. The summed E-state index contributed by atoms with van der Waals surface area (Å²) in [5.41, 5.74) is 2.31. The number of rotatable bonds is 3. The third kappa shape index (κ3) is 2.78. The van der Waals surface area contributed by atoms with E-state index in [1.807, 2.05) is 49.4 Å². The van der Waals surface area contributed by atoms with E-state index >= 15 is 0 Å². The normalized spacial score (nSPS) is 11.2. The molecule has 0 amide bonds. The van der Waals surface area contributed by atoms with Gasteiger partial charge in [-0.25, -0.2) is 4.79 Å². The van der Waals surface area contributed by atoms with Crippen LogP contribution in [0.15, 0.2) is 69.0 Å². The highest BCUT2D eigenvalue weighted by molar-refractivity contribution is 7.98. The number of nitrogens with zero attached hydrogens (tertiary/aromatic N) is 2. The van der Waals surface area contributed by atoms with Gasteiger partial charge in [-0.2, -0.15) is 5.10 Å². The molecule has 4 rings (SSSR count). The molecule has 0 saturated carbocycles. The summed E-state index contributed by atoms with van der Waals surface area (Å²) in [5, 5.41) is 12.3. The number of aryl methyl sites for hydroxylation is 1. The van der Waals surface area contributed by atoms with E-state index in [1.165, 1.54) is 0 Å². The fourth-order valence-electron chi connectivity index (χ4n) is 2.71. The number of benzene rings is 2. The van der Waals surface area contributed by atoms with E-state index in [0.29, 0.717) is 11.3 Å². The van der Waals surface area contributed by atoms with E-state index in [2.05, 4.69) is 10.2 Å². The molecule has 4 nitrogen and oxygen atoms in total. The lowest BCUT2D eigenvalue weighted by atomic mass is 10.1. The second-order valence-corrected chi connectivity index (χ2v) is 6.58. The summed E-state index contributed by atoms with van der Waals surface area (Å²) in [7, 11) is 0. The van der Waals surface area contributed by atoms with E-state index in [9.17, 15) is 4.79 Å². The van der Waals surface area contributed by atoms with Gasteiger partial charge in [-0.05, 0) is 24.1 Å². The zero-order valence-electron chi connectivity index (χ0n) is 13.0. The average Bonchev–Trinajstić information content (AvgIpc) is 2.59. The first-order valence-corrected chi connectivity index (χ1v) is 8.56. The quantitative estimate of drug-likeness (QED) is 0.412. The first kappa shape index (κ1) is 14.9. The highest BCUT2D eigenvalue weighted by Gasteiger charge is 2.09. The van der Waals surface area contributed by atoms with Crippen molar-refractivity contribution in [1.82, 2.24) is 10.2 Å². The van der Waals surface area contributed by atoms with Crippen molar-refractivity contribution in [1.29, 1.82) is 0 Å². The van der Waals surface area contributed by atoms with E-state index < -0.39 is 0 Å². The molecule has 0 fully saturated rings. The predicted octanol–water partition coefficient (Wildman–Crippen LogP) is 4.34. The topological polar surface area (TPSA) is 56.0 Å². The summed E-state index contributed by atoms with van der Waals surface area (Å²) in [6.07, 6.45) is 1.76. The lowest BCUT2D eigenvalue weighted by molar-refractivity contribution is 0.559. The number of hydrogen-bond acceptors (Lipinski definition) is 5. The molecule has 0 spiro atoms. The van der Waals surface area contributed by atoms with Crippen LogP contribution in [-0.4, -0.2) is 10.2 Å². The van der Waals surface area contributed by atoms with E-state index in [4.69, 9.17) is 4.42 Å². The van der Waals surface area contributed by atoms with Crippen LogP contribution in [0.4, 0.5) is 0 Å². The second-order valence-electron chi connectivity index (χ2n) is 5.62. The van der Waals surface area contributed by atoms with Gasteiger partial charge in [-0.3, -0.25) is 0 Å². The summed E-state index contributed by atoms with van der Waals surface area (Å²) < 4.78 is 5.31. The summed E-state index contributed by atoms with van der Waals surface area (Å²) in [6.45, 7) is 1.98. The van der Waals surface area contributed by atoms with Crippen molar-refractivity contribution in [3.63, 3.8) is 0 Å². The van der Waals surface area contributed by atoms with Crippen LogP contribution in [-0.2, 0) is 5.75 Å². The molecule has 4 aromatic rings. The molecule has 2 aromatic carbocycles. The molecular formula is C19H14N2O2S. The smallest absolute Gasteiger partial charge is 0.336 e. The lowest BCUT2D eigenvalue weighted by Gasteiger charge is -2.07. The SMILES string of the molecule is Cc1ccc2c(CSc3nncc4ccccc34)cc(=O)oc2c1. The maximum absolute atomic E-state index is 11.8. The van der Waals surface area contributed by atoms with Gasteiger partial charge in [0, 0.05) is 28.0 Å². The minimum absolute atomic E-state index is 0.326. The maximum Gasteiger partial charge on any atom is 0.336 e. The van der Waals surface area contributed by atoms with Crippen molar-refractivity contribution in [2.45, 2.75) is 17.7 Å². The Balaban J connectivity index is 1.73. The van der Waals surface area contributed by atoms with Crippen LogP contribution in [0.2, 0.25) is 0 Å². The first-order valence-electron chi connectivity index (χ1n) is 7.57. The summed E-state index contributed by atoms with van der Waals surface area (Å²) in [6, 6.07) is 15.5. The van der Waals surface area contributed by atoms with Gasteiger partial charge in [-0.15, -0.1) is 5.10 Å². The van der Waals surface area contributed by atoms with Crippen molar-refractivity contribution in [2.75, 3.05) is 0 Å². The van der Waals surface area contributed by atoms with E-state index in [0.717, 1.165) is 32.3 Å². The Kier molecular flexibility index (Phi) is 3.78. The summed E-state index contributed by atoms with van der Waals surface area (Å²) in [5.74, 6) is 0.633. The van der Waals surface area contributed by atoms with Gasteiger partial charge in [0.05, 0.1) is 6.20 Å². The Morgan fingerprint density at radius 2 is 1.96 bits per heavy atom. The molecule has 0 saturated heterocycles. The Bertz CT molecular complexity index is 1100. The zero-order chi connectivity index (χ0) is 16.5. The standard InChI is InChI=1S/C19H14N2O2S/c1-12-6-7-15-14(9-18(22)23-17(15)8-12)11-24-19-16-5-3-2-4-13(16)10-20-21-19/h2-10H,11H2,1H3. The van der Waals surface area contributed by atoms with Gasteiger partial charge in [0.25, 0.3) is 0 Å². The van der Waals surface area contributed by atoms with Crippen molar-refractivity contribution in [3.05, 3.63) is 76.3 Å². The minimum atomic E-state index is -0.326. The average molecular weight is 334 g/mol. The van der Waals surface area contributed by atoms with Crippen LogP contribution in [0.3, 0.4) is 0 Å². The Labute approximate surface area is 142 Å². The molecule has 0 bridgehead atoms. The van der Waals surface area contributed by atoms with Crippen LogP contribution in [0.1, 0.15) is 11.1 Å². The molecule has 24 heavy (non-hydrogen) atoms. The molecule has 0 unspecified atom stereocenters. The van der Waals surface area contributed by atoms with Crippen molar-refractivity contribution in [3.8, 4) is 0 Å². The van der Waals surface area contributed by atoms with Gasteiger partial charge < -0.3 is 4.42 Å². The molecule has 2 heterocycles. The van der Waals surface area contributed by atoms with Crippen LogP contribution in [0, 0.1) is 6.92 Å². The number of aromatic nitrogens is 2. The Morgan fingerprint density at radius 3 is 2.88 bits per heavy atom. The molecule has 0 atom stereocenters. The minimum Gasteiger partial charge on any atom is -0.423 e. The Morgan fingerprint density at radius 1 is 1.08 bits per heavy atom. The first-order chi connectivity index (χ1) is 11.7. The number of thioether (sulfide) groups is 1. The zero-order valence-corrected chi connectivity index (χ0v) is 13.8. The van der Waals surface area contributed by atoms with Crippen LogP contribution < -0.4 is 5.63 Å². The lowest BCUT2D eigenvalue weighted by Crippen LogP contribution is -2.00. The van der Waals surface area contributed by atoms with Gasteiger partial charge in [0.15, 0.2) is 0 Å². The molecular weight excluding hydrogens is 320 g/mol. The van der Waals surface area contributed by atoms with Crippen molar-refractivity contribution >= 4 is 33.5 Å². The molecule has 0 aliphatic rings. The second kappa shape index (κ2) is 6.09. The van der Waals surface area contributed by atoms with E-state index in [-0.39, 0.29) is 5.63 Å². The third-order valence-electron chi connectivity index (χ3n) is 3.89. The monoisotopic (exact) mass is 334 g/mol. The number of hydrogen-bond donors (Lipinski definition) is 0. The fourth-order valence-corrected chi connectivity index (χ4v) is 3.69.